The summed E-state index contributed by atoms with van der Waals surface area (Å²) in [4.78, 5) is 0. The predicted molar refractivity (Wildman–Crippen MR) is 77.3 cm³/mol. The smallest absolute Gasteiger partial charge is 0.120 e. The van der Waals surface area contributed by atoms with E-state index in [1.165, 1.54) is 0 Å². The lowest BCUT2D eigenvalue weighted by Gasteiger charge is -2.22. The third kappa shape index (κ3) is 3.37. The van der Waals surface area contributed by atoms with Crippen LogP contribution in [0, 0.1) is 6.92 Å². The Balaban J connectivity index is 1.97. The fraction of sp³-hybridized carbons (Fsp3) is 0.400. The van der Waals surface area contributed by atoms with Crippen LogP contribution < -0.4 is 5.32 Å². The normalized spacial score (nSPS) is 14.2. The van der Waals surface area contributed by atoms with Gasteiger partial charge in [-0.25, -0.2) is 0 Å². The van der Waals surface area contributed by atoms with Gasteiger partial charge in [-0.15, -0.1) is 0 Å². The highest BCUT2D eigenvalue weighted by Gasteiger charge is 2.24. The number of aryl methyl sites for hydroxylation is 2. The summed E-state index contributed by atoms with van der Waals surface area (Å²) in [6.45, 7) is 4.61. The predicted octanol–water partition coefficient (Wildman–Crippen LogP) is 1.43. The van der Waals surface area contributed by atoms with Gasteiger partial charge in [0.2, 0.25) is 0 Å². The van der Waals surface area contributed by atoms with E-state index in [1.807, 2.05) is 26.1 Å². The van der Waals surface area contributed by atoms with Crippen LogP contribution in [0.15, 0.2) is 30.6 Å². The topological polar surface area (TPSA) is 70.3 Å². The zero-order valence-electron chi connectivity index (χ0n) is 12.1. The number of rotatable bonds is 5. The molecule has 20 heavy (non-hydrogen) atoms. The van der Waals surface area contributed by atoms with E-state index in [2.05, 4.69) is 10.4 Å². The van der Waals surface area contributed by atoms with Crippen LogP contribution in [0.3, 0.4) is 0 Å². The van der Waals surface area contributed by atoms with Gasteiger partial charge in [0.15, 0.2) is 0 Å². The van der Waals surface area contributed by atoms with E-state index in [1.54, 1.807) is 30.1 Å². The number of aliphatic hydroxyl groups is 1. The van der Waals surface area contributed by atoms with Crippen LogP contribution >= 0.6 is 0 Å². The van der Waals surface area contributed by atoms with E-state index >= 15 is 0 Å². The SMILES string of the molecule is Cc1ccc(O)c(CNCC(C)(O)c2cnn(C)c2)c1. The zero-order chi connectivity index (χ0) is 14.8. The van der Waals surface area contributed by atoms with Crippen molar-refractivity contribution in [2.24, 2.45) is 7.05 Å². The number of aromatic hydroxyl groups is 1. The summed E-state index contributed by atoms with van der Waals surface area (Å²) in [5, 5.41) is 27.4. The van der Waals surface area contributed by atoms with Crippen LogP contribution in [0.4, 0.5) is 0 Å². The van der Waals surface area contributed by atoms with Gasteiger partial charge in [-0.2, -0.15) is 5.10 Å². The lowest BCUT2D eigenvalue weighted by molar-refractivity contribution is 0.0565. The van der Waals surface area contributed by atoms with Crippen LogP contribution in [-0.4, -0.2) is 26.5 Å². The lowest BCUT2D eigenvalue weighted by atomic mass is 9.99. The Bertz CT molecular complexity index is 591. The van der Waals surface area contributed by atoms with Gasteiger partial charge in [0.05, 0.1) is 6.20 Å². The molecule has 0 bridgehead atoms. The maximum absolute atomic E-state index is 10.4. The fourth-order valence-electron chi connectivity index (χ4n) is 2.10. The van der Waals surface area contributed by atoms with Crippen molar-refractivity contribution in [3.05, 3.63) is 47.3 Å². The van der Waals surface area contributed by atoms with Crippen molar-refractivity contribution in [1.82, 2.24) is 15.1 Å². The Labute approximate surface area is 118 Å². The minimum atomic E-state index is -0.992. The quantitative estimate of drug-likeness (QED) is 0.772. The lowest BCUT2D eigenvalue weighted by Crippen LogP contribution is -2.34. The van der Waals surface area contributed by atoms with Gasteiger partial charge < -0.3 is 15.5 Å². The first-order valence-electron chi connectivity index (χ1n) is 6.59. The van der Waals surface area contributed by atoms with Crippen LogP contribution in [0.5, 0.6) is 5.75 Å². The molecule has 0 aliphatic heterocycles. The summed E-state index contributed by atoms with van der Waals surface area (Å²) in [6.07, 6.45) is 3.46. The number of hydrogen-bond donors (Lipinski definition) is 3. The van der Waals surface area contributed by atoms with E-state index < -0.39 is 5.60 Å². The molecule has 0 saturated heterocycles. The molecule has 0 fully saturated rings. The molecular formula is C15H21N3O2. The highest BCUT2D eigenvalue weighted by Crippen LogP contribution is 2.20. The van der Waals surface area contributed by atoms with Crippen LogP contribution in [0.1, 0.15) is 23.6 Å². The molecule has 0 saturated carbocycles. The number of phenols is 1. The summed E-state index contributed by atoms with van der Waals surface area (Å²) < 4.78 is 1.66. The number of nitrogens with one attached hydrogen (secondary N) is 1. The molecule has 0 radical (unpaired) electrons. The highest BCUT2D eigenvalue weighted by molar-refractivity contribution is 5.35. The van der Waals surface area contributed by atoms with Crippen molar-refractivity contribution in [2.45, 2.75) is 26.0 Å². The van der Waals surface area contributed by atoms with Gasteiger partial charge >= 0.3 is 0 Å². The Morgan fingerprint density at radius 3 is 2.80 bits per heavy atom. The monoisotopic (exact) mass is 275 g/mol. The molecular weight excluding hydrogens is 254 g/mol. The van der Waals surface area contributed by atoms with Crippen LogP contribution in [0.2, 0.25) is 0 Å². The highest BCUT2D eigenvalue weighted by atomic mass is 16.3. The standard InChI is InChI=1S/C15H21N3O2/c1-11-4-5-14(19)12(6-11)7-16-10-15(2,20)13-8-17-18(3)9-13/h4-6,8-9,16,19-20H,7,10H2,1-3H3. The summed E-state index contributed by atoms with van der Waals surface area (Å²) in [6, 6.07) is 5.48. The van der Waals surface area contributed by atoms with E-state index in [9.17, 15) is 10.2 Å². The molecule has 5 nitrogen and oxygen atoms in total. The molecule has 1 unspecified atom stereocenters. The van der Waals surface area contributed by atoms with E-state index in [0.717, 1.165) is 16.7 Å². The second-order valence-corrected chi connectivity index (χ2v) is 5.41. The number of phenolic OH excluding ortho intramolecular Hbond substituents is 1. The third-order valence-electron chi connectivity index (χ3n) is 3.35. The van der Waals surface area contributed by atoms with Gasteiger partial charge in [-0.1, -0.05) is 17.7 Å². The van der Waals surface area contributed by atoms with E-state index in [4.69, 9.17) is 0 Å². The van der Waals surface area contributed by atoms with Gasteiger partial charge in [0, 0.05) is 37.5 Å². The largest absolute Gasteiger partial charge is 0.508 e. The summed E-state index contributed by atoms with van der Waals surface area (Å²) in [7, 11) is 1.82. The van der Waals surface area contributed by atoms with Gasteiger partial charge in [0.1, 0.15) is 11.4 Å². The molecule has 0 amide bonds. The van der Waals surface area contributed by atoms with Gasteiger partial charge in [0.25, 0.3) is 0 Å². The first kappa shape index (κ1) is 14.6. The minimum absolute atomic E-state index is 0.268. The molecule has 2 aromatic rings. The number of benzene rings is 1. The molecule has 1 aromatic carbocycles. The molecule has 5 heteroatoms. The molecule has 3 N–H and O–H groups in total. The maximum Gasteiger partial charge on any atom is 0.120 e. The summed E-state index contributed by atoms with van der Waals surface area (Å²) in [5.41, 5.74) is 1.69. The Kier molecular flexibility index (Phi) is 4.11. The molecule has 1 heterocycles. The van der Waals surface area contributed by atoms with Crippen molar-refractivity contribution in [3.8, 4) is 5.75 Å². The van der Waals surface area contributed by atoms with E-state index in [-0.39, 0.29) is 5.75 Å². The fourth-order valence-corrected chi connectivity index (χ4v) is 2.10. The van der Waals surface area contributed by atoms with Crippen molar-refractivity contribution >= 4 is 0 Å². The van der Waals surface area contributed by atoms with Gasteiger partial charge in [-0.05, 0) is 19.9 Å². The Morgan fingerprint density at radius 1 is 1.40 bits per heavy atom. The molecule has 1 aromatic heterocycles. The molecule has 0 spiro atoms. The van der Waals surface area contributed by atoms with Crippen LogP contribution in [-0.2, 0) is 19.2 Å². The molecule has 0 aliphatic rings. The minimum Gasteiger partial charge on any atom is -0.508 e. The van der Waals surface area contributed by atoms with Crippen molar-refractivity contribution in [3.63, 3.8) is 0 Å². The average Bonchev–Trinajstić information content (AvgIpc) is 2.81. The zero-order valence-corrected chi connectivity index (χ0v) is 12.1. The number of aromatic nitrogens is 2. The third-order valence-corrected chi connectivity index (χ3v) is 3.35. The maximum atomic E-state index is 10.4. The van der Waals surface area contributed by atoms with Crippen molar-refractivity contribution in [2.75, 3.05) is 6.54 Å². The van der Waals surface area contributed by atoms with Crippen molar-refractivity contribution in [1.29, 1.82) is 0 Å². The molecule has 1 atom stereocenters. The summed E-state index contributed by atoms with van der Waals surface area (Å²) in [5.74, 6) is 0.268. The second kappa shape index (κ2) is 5.64. The first-order chi connectivity index (χ1) is 9.38. The molecule has 0 aliphatic carbocycles. The Hall–Kier alpha value is -1.85. The van der Waals surface area contributed by atoms with E-state index in [0.29, 0.717) is 13.1 Å². The average molecular weight is 275 g/mol. The summed E-state index contributed by atoms with van der Waals surface area (Å²) >= 11 is 0. The molecule has 108 valence electrons. The number of hydrogen-bond acceptors (Lipinski definition) is 4. The molecule has 2 rings (SSSR count). The first-order valence-corrected chi connectivity index (χ1v) is 6.59. The number of nitrogens with zero attached hydrogens (tertiary/aromatic N) is 2. The van der Waals surface area contributed by atoms with Gasteiger partial charge in [-0.3, -0.25) is 4.68 Å². The van der Waals surface area contributed by atoms with Crippen molar-refractivity contribution < 1.29 is 10.2 Å². The Morgan fingerprint density at radius 2 is 2.15 bits per heavy atom. The second-order valence-electron chi connectivity index (χ2n) is 5.41. The van der Waals surface area contributed by atoms with Crippen LogP contribution in [0.25, 0.3) is 0 Å².